The smallest absolute Gasteiger partial charge is 0.295 e. The summed E-state index contributed by atoms with van der Waals surface area (Å²) in [5.74, 6) is 1.11. The molecule has 42 heavy (non-hydrogen) atoms. The van der Waals surface area contributed by atoms with Crippen LogP contribution in [-0.2, 0) is 19.6 Å². The Hall–Kier alpha value is -3.92. The highest BCUT2D eigenvalue weighted by molar-refractivity contribution is 6.09. The van der Waals surface area contributed by atoms with Crippen LogP contribution in [0.5, 0.6) is 17.2 Å². The van der Waals surface area contributed by atoms with E-state index in [0.29, 0.717) is 25.7 Å². The summed E-state index contributed by atoms with van der Waals surface area (Å²) in [6, 6.07) is 24.1. The first-order valence-electron chi connectivity index (χ1n) is 14.6. The normalized spacial score (nSPS) is 13.6. The van der Waals surface area contributed by atoms with Crippen LogP contribution in [0.3, 0.4) is 0 Å². The fourth-order valence-corrected chi connectivity index (χ4v) is 4.38. The molecule has 0 amide bonds. The van der Waals surface area contributed by atoms with E-state index in [0.717, 1.165) is 44.2 Å². The molecular weight excluding hydrogens is 544 g/mol. The van der Waals surface area contributed by atoms with E-state index in [1.807, 2.05) is 114 Å². The van der Waals surface area contributed by atoms with Gasteiger partial charge in [-0.1, -0.05) is 54.6 Å². The second-order valence-corrected chi connectivity index (χ2v) is 11.4. The molecule has 0 aliphatic rings. The van der Waals surface area contributed by atoms with E-state index in [2.05, 4.69) is 30.7 Å². The van der Waals surface area contributed by atoms with Crippen LogP contribution in [0.2, 0.25) is 6.04 Å². The maximum absolute atomic E-state index is 5.96. The molecule has 0 aliphatic carbocycles. The van der Waals surface area contributed by atoms with Crippen molar-refractivity contribution in [3.8, 4) is 17.2 Å². The number of ether oxygens (including phenoxy) is 3. The minimum Gasteiger partial charge on any atom is -0.491 e. The van der Waals surface area contributed by atoms with Crippen molar-refractivity contribution >= 4 is 10.2 Å². The second-order valence-electron chi connectivity index (χ2n) is 10.6. The summed E-state index contributed by atoms with van der Waals surface area (Å²) in [6.45, 7) is 13.0. The van der Waals surface area contributed by atoms with Gasteiger partial charge in [0.05, 0.1) is 37.9 Å². The van der Waals surface area contributed by atoms with E-state index >= 15 is 0 Å². The molecule has 224 valence electrons. The van der Waals surface area contributed by atoms with Crippen molar-refractivity contribution in [2.24, 2.45) is 30.7 Å². The maximum Gasteiger partial charge on any atom is 0.295 e. The van der Waals surface area contributed by atoms with Crippen LogP contribution in [0.4, 0.5) is 0 Å². The molecule has 0 atom stereocenters. The molecule has 0 bridgehead atoms. The molecule has 3 aromatic rings. The summed E-state index contributed by atoms with van der Waals surface area (Å²) >= 11 is 0. The first-order valence-corrected chi connectivity index (χ1v) is 16.0. The van der Waals surface area contributed by atoms with Crippen molar-refractivity contribution < 1.29 is 14.2 Å². The third kappa shape index (κ3) is 10.5. The average Bonchev–Trinajstić information content (AvgIpc) is 2.94. The Balaban J connectivity index is 1.88. The largest absolute Gasteiger partial charge is 0.491 e. The van der Waals surface area contributed by atoms with E-state index in [1.54, 1.807) is 0 Å². The van der Waals surface area contributed by atoms with Gasteiger partial charge in [0.15, 0.2) is 0 Å². The summed E-state index contributed by atoms with van der Waals surface area (Å²) in [6.07, 6.45) is 0.157. The lowest BCUT2D eigenvalue weighted by molar-refractivity contribution is 0.239. The lowest BCUT2D eigenvalue weighted by atomic mass is 10.2. The monoisotopic (exact) mass is 588 g/mol. The van der Waals surface area contributed by atoms with Crippen LogP contribution in [0.15, 0.2) is 103 Å². The number of hydrogen-bond donors (Lipinski definition) is 0. The lowest BCUT2D eigenvalue weighted by Gasteiger charge is -2.17. The number of azo groups is 3. The van der Waals surface area contributed by atoms with Crippen molar-refractivity contribution in [1.29, 1.82) is 0 Å². The molecule has 0 fully saturated rings. The highest BCUT2D eigenvalue weighted by atomic mass is 28.1. The van der Waals surface area contributed by atoms with Crippen LogP contribution >= 0.6 is 0 Å². The Labute approximate surface area is 253 Å². The molecule has 0 saturated carbocycles. The Morgan fingerprint density at radius 3 is 1.07 bits per heavy atom. The molecule has 0 aromatic heterocycles. The fourth-order valence-electron chi connectivity index (χ4n) is 3.96. The Kier molecular flexibility index (Phi) is 12.8. The SMILES string of the molecule is CC(C)Oc1ccccc1CN=NC(C[SiH3])(N=NCc1ccccc1OC(C)C)N=NCc1ccccc1OC(C)C. The molecule has 0 spiro atoms. The van der Waals surface area contributed by atoms with Crippen LogP contribution in [0.1, 0.15) is 58.2 Å². The minimum absolute atomic E-state index is 0.0523. The van der Waals surface area contributed by atoms with Gasteiger partial charge in [0.2, 0.25) is 0 Å². The third-order valence-corrected chi connectivity index (χ3v) is 6.84. The average molecular weight is 589 g/mol. The molecule has 0 radical (unpaired) electrons. The molecule has 0 saturated heterocycles. The van der Waals surface area contributed by atoms with Crippen LogP contribution < -0.4 is 14.2 Å². The molecule has 3 rings (SSSR count). The summed E-state index contributed by atoms with van der Waals surface area (Å²) in [4.78, 5) is 0. The van der Waals surface area contributed by atoms with Gasteiger partial charge in [-0.25, -0.2) is 0 Å². The predicted molar refractivity (Wildman–Crippen MR) is 170 cm³/mol. The van der Waals surface area contributed by atoms with Gasteiger partial charge in [0.1, 0.15) is 17.2 Å². The molecule has 0 unspecified atom stereocenters. The fraction of sp³-hybridized carbons (Fsp3) is 0.438. The molecule has 3 aromatic carbocycles. The van der Waals surface area contributed by atoms with Gasteiger partial charge in [0.25, 0.3) is 5.79 Å². The number of benzene rings is 3. The van der Waals surface area contributed by atoms with Crippen molar-refractivity contribution in [3.05, 3.63) is 89.5 Å². The Morgan fingerprint density at radius 1 is 0.524 bits per heavy atom. The van der Waals surface area contributed by atoms with Crippen molar-refractivity contribution in [2.75, 3.05) is 0 Å². The van der Waals surface area contributed by atoms with Crippen LogP contribution in [0, 0.1) is 0 Å². The first kappa shape index (κ1) is 32.6. The number of para-hydroxylation sites is 3. The number of rotatable bonds is 16. The van der Waals surface area contributed by atoms with Crippen LogP contribution in [-0.4, -0.2) is 34.3 Å². The number of hydrogen-bond acceptors (Lipinski definition) is 9. The maximum atomic E-state index is 5.96. The van der Waals surface area contributed by atoms with Gasteiger partial charge in [-0.3, -0.25) is 0 Å². The molecule has 0 aliphatic heterocycles. The molecular formula is C32H44N6O3Si. The quantitative estimate of drug-likeness (QED) is 0.126. The Bertz CT molecular complexity index is 1180. The van der Waals surface area contributed by atoms with Crippen LogP contribution in [0.25, 0.3) is 0 Å². The predicted octanol–water partition coefficient (Wildman–Crippen LogP) is 7.74. The summed E-state index contributed by atoms with van der Waals surface area (Å²) in [5.41, 5.74) is 2.81. The zero-order valence-corrected chi connectivity index (χ0v) is 27.9. The van der Waals surface area contributed by atoms with Gasteiger partial charge in [-0.15, -0.1) is 15.3 Å². The zero-order chi connectivity index (χ0) is 30.4. The minimum atomic E-state index is -1.25. The van der Waals surface area contributed by atoms with Crippen molar-refractivity contribution in [2.45, 2.75) is 91.3 Å². The zero-order valence-electron chi connectivity index (χ0n) is 25.9. The molecule has 10 heteroatoms. The van der Waals surface area contributed by atoms with Gasteiger partial charge < -0.3 is 14.2 Å². The summed E-state index contributed by atoms with van der Waals surface area (Å²) in [7, 11) is 0.761. The Morgan fingerprint density at radius 2 is 0.810 bits per heavy atom. The number of nitrogens with zero attached hydrogens (tertiary/aromatic N) is 6. The third-order valence-electron chi connectivity index (χ3n) is 5.90. The van der Waals surface area contributed by atoms with Gasteiger partial charge in [-0.2, -0.15) is 15.3 Å². The summed E-state index contributed by atoms with van der Waals surface area (Å²) in [5, 5.41) is 27.4. The summed E-state index contributed by atoms with van der Waals surface area (Å²) < 4.78 is 17.9. The molecule has 9 nitrogen and oxygen atoms in total. The molecule has 0 heterocycles. The van der Waals surface area contributed by atoms with E-state index in [4.69, 9.17) is 14.2 Å². The van der Waals surface area contributed by atoms with Crippen molar-refractivity contribution in [1.82, 2.24) is 0 Å². The topological polar surface area (TPSA) is 102 Å². The first-order chi connectivity index (χ1) is 20.2. The lowest BCUT2D eigenvalue weighted by Crippen LogP contribution is -2.19. The second kappa shape index (κ2) is 16.5. The highest BCUT2D eigenvalue weighted by Gasteiger charge is 2.27. The van der Waals surface area contributed by atoms with Gasteiger partial charge in [0, 0.05) is 33.0 Å². The molecule has 0 N–H and O–H groups in total. The van der Waals surface area contributed by atoms with E-state index in [1.165, 1.54) is 0 Å². The van der Waals surface area contributed by atoms with Gasteiger partial charge >= 0.3 is 0 Å². The van der Waals surface area contributed by atoms with E-state index in [-0.39, 0.29) is 18.3 Å². The standard InChI is InChI=1S/C32H44N6O3Si/c1-23(2)39-29-16-10-7-13-26(29)19-33-36-32(22-42,37-34-20-27-14-8-11-17-30(27)40-24(3)4)38-35-21-28-15-9-12-18-31(28)41-25(5)6/h7-18,23-25H,19-22H2,1-6,42H3. The van der Waals surface area contributed by atoms with Gasteiger partial charge in [-0.05, 0) is 59.7 Å². The van der Waals surface area contributed by atoms with E-state index < -0.39 is 5.79 Å². The highest BCUT2D eigenvalue weighted by Crippen LogP contribution is 2.27. The van der Waals surface area contributed by atoms with E-state index in [9.17, 15) is 0 Å². The van der Waals surface area contributed by atoms with Crippen molar-refractivity contribution in [3.63, 3.8) is 0 Å².